The molecule has 2 aromatic rings. The highest BCUT2D eigenvalue weighted by Gasteiger charge is 2.28. The van der Waals surface area contributed by atoms with Gasteiger partial charge in [0.25, 0.3) is 5.91 Å². The maximum absolute atomic E-state index is 12.2. The van der Waals surface area contributed by atoms with E-state index < -0.39 is 0 Å². The van der Waals surface area contributed by atoms with Crippen LogP contribution < -0.4 is 9.47 Å². The van der Waals surface area contributed by atoms with E-state index >= 15 is 0 Å². The van der Waals surface area contributed by atoms with Crippen molar-refractivity contribution < 1.29 is 14.3 Å². The van der Waals surface area contributed by atoms with Crippen LogP contribution in [0.3, 0.4) is 0 Å². The van der Waals surface area contributed by atoms with Gasteiger partial charge >= 0.3 is 0 Å². The van der Waals surface area contributed by atoms with Crippen LogP contribution in [0, 0.1) is 0 Å². The van der Waals surface area contributed by atoms with Crippen molar-refractivity contribution in [3.8, 4) is 11.5 Å². The van der Waals surface area contributed by atoms with Crippen LogP contribution in [-0.4, -0.2) is 35.4 Å². The Hall–Kier alpha value is -2.31. The lowest BCUT2D eigenvalue weighted by atomic mass is 9.87. The Morgan fingerprint density at radius 1 is 1.03 bits per heavy atom. The molecule has 0 spiro atoms. The Kier molecular flexibility index (Phi) is 7.21. The molecule has 2 aromatic carbocycles. The number of benzene rings is 2. The second-order valence-corrected chi connectivity index (χ2v) is 9.78. The van der Waals surface area contributed by atoms with Gasteiger partial charge in [-0.2, -0.15) is 0 Å². The van der Waals surface area contributed by atoms with Crippen molar-refractivity contribution in [2.45, 2.75) is 32.6 Å². The van der Waals surface area contributed by atoms with Gasteiger partial charge in [0.05, 0.1) is 18.1 Å². The lowest BCUT2D eigenvalue weighted by Gasteiger charge is -2.19. The summed E-state index contributed by atoms with van der Waals surface area (Å²) in [7, 11) is 1.69. The van der Waals surface area contributed by atoms with Crippen molar-refractivity contribution >= 4 is 40.3 Å². The summed E-state index contributed by atoms with van der Waals surface area (Å²) in [5.74, 6) is 1.53. The standard InChI is InChI=1S/C24H27NO3S2/c1-24(2,3)18-10-12-19(13-11-18)27-14-7-15-28-20-9-6-5-8-17(20)16-21-22(26)25(4)23(29)30-21/h5-6,8-13,16H,7,14-15H2,1-4H3/b21-16+. The molecule has 1 heterocycles. The third-order valence-electron chi connectivity index (χ3n) is 4.73. The number of para-hydroxylation sites is 1. The van der Waals surface area contributed by atoms with Crippen LogP contribution in [-0.2, 0) is 10.2 Å². The molecular formula is C24H27NO3S2. The lowest BCUT2D eigenvalue weighted by molar-refractivity contribution is -0.121. The molecule has 1 saturated heterocycles. The van der Waals surface area contributed by atoms with Crippen molar-refractivity contribution in [2.24, 2.45) is 0 Å². The fourth-order valence-corrected chi connectivity index (χ4v) is 4.07. The highest BCUT2D eigenvalue weighted by molar-refractivity contribution is 8.26. The molecule has 0 N–H and O–H groups in total. The van der Waals surface area contributed by atoms with E-state index in [0.29, 0.717) is 22.4 Å². The number of thiocarbonyl (C=S) groups is 1. The maximum atomic E-state index is 12.2. The van der Waals surface area contributed by atoms with Crippen LogP contribution in [0.4, 0.5) is 0 Å². The first kappa shape index (κ1) is 22.4. The number of thioether (sulfide) groups is 1. The first-order valence-corrected chi connectivity index (χ1v) is 11.1. The first-order chi connectivity index (χ1) is 14.3. The summed E-state index contributed by atoms with van der Waals surface area (Å²) in [5, 5.41) is 0. The number of amides is 1. The summed E-state index contributed by atoms with van der Waals surface area (Å²) in [6, 6.07) is 15.9. The molecule has 1 aliphatic heterocycles. The SMILES string of the molecule is CN1C(=O)/C(=C\c2ccccc2OCCCOc2ccc(C(C)(C)C)cc2)SC1=S. The summed E-state index contributed by atoms with van der Waals surface area (Å²) in [4.78, 5) is 14.3. The third-order valence-corrected chi connectivity index (χ3v) is 6.21. The largest absolute Gasteiger partial charge is 0.493 e. The highest BCUT2D eigenvalue weighted by Crippen LogP contribution is 2.33. The summed E-state index contributed by atoms with van der Waals surface area (Å²) < 4.78 is 12.3. The van der Waals surface area contributed by atoms with E-state index in [-0.39, 0.29) is 11.3 Å². The molecule has 0 atom stereocenters. The van der Waals surface area contributed by atoms with Crippen LogP contribution in [0.2, 0.25) is 0 Å². The Morgan fingerprint density at radius 2 is 1.70 bits per heavy atom. The second kappa shape index (κ2) is 9.67. The van der Waals surface area contributed by atoms with Gasteiger partial charge in [-0.15, -0.1) is 0 Å². The zero-order chi connectivity index (χ0) is 21.7. The van der Waals surface area contributed by atoms with Crippen molar-refractivity contribution in [3.63, 3.8) is 0 Å². The number of carbonyl (C=O) groups excluding carboxylic acids is 1. The Bertz CT molecular complexity index is 946. The Balaban J connectivity index is 1.51. The average molecular weight is 442 g/mol. The highest BCUT2D eigenvalue weighted by atomic mass is 32.2. The van der Waals surface area contributed by atoms with Gasteiger partial charge in [0.2, 0.25) is 0 Å². The van der Waals surface area contributed by atoms with E-state index in [4.69, 9.17) is 21.7 Å². The van der Waals surface area contributed by atoms with Crippen LogP contribution >= 0.6 is 24.0 Å². The summed E-state index contributed by atoms with van der Waals surface area (Å²) in [6.45, 7) is 7.69. The molecule has 1 amide bonds. The van der Waals surface area contributed by atoms with Crippen LogP contribution in [0.25, 0.3) is 6.08 Å². The molecule has 0 unspecified atom stereocenters. The van der Waals surface area contributed by atoms with Gasteiger partial charge in [-0.25, -0.2) is 0 Å². The van der Waals surface area contributed by atoms with Crippen LogP contribution in [0.1, 0.15) is 38.3 Å². The van der Waals surface area contributed by atoms with Gasteiger partial charge in [-0.05, 0) is 35.3 Å². The fraction of sp³-hybridized carbons (Fsp3) is 0.333. The number of hydrogen-bond acceptors (Lipinski definition) is 5. The Labute approximate surface area is 188 Å². The summed E-state index contributed by atoms with van der Waals surface area (Å²) in [6.07, 6.45) is 2.60. The molecular weight excluding hydrogens is 414 g/mol. The summed E-state index contributed by atoms with van der Waals surface area (Å²) >= 11 is 6.50. The summed E-state index contributed by atoms with van der Waals surface area (Å²) in [5.41, 5.74) is 2.29. The number of ether oxygens (including phenoxy) is 2. The topological polar surface area (TPSA) is 38.8 Å². The van der Waals surface area contributed by atoms with Gasteiger partial charge in [-0.3, -0.25) is 9.69 Å². The molecule has 3 rings (SSSR count). The van der Waals surface area contributed by atoms with Gasteiger partial charge in [-0.1, -0.05) is 75.1 Å². The molecule has 4 nitrogen and oxygen atoms in total. The Morgan fingerprint density at radius 3 is 2.33 bits per heavy atom. The predicted octanol–water partition coefficient (Wildman–Crippen LogP) is 5.66. The monoisotopic (exact) mass is 441 g/mol. The average Bonchev–Trinajstić information content (AvgIpc) is 2.95. The number of hydrogen-bond donors (Lipinski definition) is 0. The van der Waals surface area contributed by atoms with Gasteiger partial charge in [0.1, 0.15) is 15.8 Å². The van der Waals surface area contributed by atoms with E-state index in [9.17, 15) is 4.79 Å². The van der Waals surface area contributed by atoms with E-state index in [0.717, 1.165) is 23.5 Å². The zero-order valence-electron chi connectivity index (χ0n) is 17.8. The van der Waals surface area contributed by atoms with Crippen molar-refractivity contribution in [1.29, 1.82) is 0 Å². The zero-order valence-corrected chi connectivity index (χ0v) is 19.4. The van der Waals surface area contributed by atoms with Crippen molar-refractivity contribution in [2.75, 3.05) is 20.3 Å². The van der Waals surface area contributed by atoms with Gasteiger partial charge in [0.15, 0.2) is 0 Å². The quantitative estimate of drug-likeness (QED) is 0.315. The molecule has 158 valence electrons. The molecule has 0 aliphatic carbocycles. The number of rotatable bonds is 7. The lowest BCUT2D eigenvalue weighted by Crippen LogP contribution is -2.22. The fourth-order valence-electron chi connectivity index (χ4n) is 2.90. The van der Waals surface area contributed by atoms with Crippen LogP contribution in [0.5, 0.6) is 11.5 Å². The number of carbonyl (C=O) groups is 1. The molecule has 0 bridgehead atoms. The van der Waals surface area contributed by atoms with Crippen molar-refractivity contribution in [3.05, 3.63) is 64.6 Å². The predicted molar refractivity (Wildman–Crippen MR) is 128 cm³/mol. The molecule has 6 heteroatoms. The van der Waals surface area contributed by atoms with Crippen molar-refractivity contribution in [1.82, 2.24) is 4.90 Å². The smallest absolute Gasteiger partial charge is 0.265 e. The van der Waals surface area contributed by atoms with E-state index in [1.165, 1.54) is 22.2 Å². The van der Waals surface area contributed by atoms with Gasteiger partial charge in [0, 0.05) is 19.0 Å². The minimum absolute atomic E-state index is 0.0781. The second-order valence-electron chi connectivity index (χ2n) is 8.10. The van der Waals surface area contributed by atoms with E-state index in [1.807, 2.05) is 42.5 Å². The minimum atomic E-state index is -0.0781. The number of likely N-dealkylation sites (N-methyl/N-ethyl adjacent to an activating group) is 1. The van der Waals surface area contributed by atoms with E-state index in [1.54, 1.807) is 7.05 Å². The molecule has 0 radical (unpaired) electrons. The maximum Gasteiger partial charge on any atom is 0.265 e. The normalized spacial score (nSPS) is 15.7. The molecule has 30 heavy (non-hydrogen) atoms. The molecule has 0 aromatic heterocycles. The van der Waals surface area contributed by atoms with Gasteiger partial charge < -0.3 is 9.47 Å². The van der Waals surface area contributed by atoms with E-state index in [2.05, 4.69) is 32.9 Å². The van der Waals surface area contributed by atoms with Crippen LogP contribution in [0.15, 0.2) is 53.4 Å². The molecule has 0 saturated carbocycles. The third kappa shape index (κ3) is 5.64. The number of nitrogens with zero attached hydrogens (tertiary/aromatic N) is 1. The molecule has 1 fully saturated rings. The molecule has 1 aliphatic rings. The minimum Gasteiger partial charge on any atom is -0.493 e. The first-order valence-electron chi connectivity index (χ1n) is 9.92.